The van der Waals surface area contributed by atoms with E-state index in [0.29, 0.717) is 13.0 Å². The second kappa shape index (κ2) is 7.29. The van der Waals surface area contributed by atoms with E-state index in [1.165, 1.54) is 0 Å². The minimum Gasteiger partial charge on any atom is -0.370 e. The molecule has 136 valence electrons. The van der Waals surface area contributed by atoms with E-state index >= 15 is 0 Å². The first-order chi connectivity index (χ1) is 12.7. The third kappa shape index (κ3) is 3.48. The van der Waals surface area contributed by atoms with Crippen molar-refractivity contribution in [3.63, 3.8) is 0 Å². The normalized spacial score (nSPS) is 20.3. The largest absolute Gasteiger partial charge is 0.370 e. The minimum absolute atomic E-state index is 0.0213. The summed E-state index contributed by atoms with van der Waals surface area (Å²) < 4.78 is 7.95. The van der Waals surface area contributed by atoms with Crippen molar-refractivity contribution in [1.82, 2.24) is 25.1 Å². The molecule has 1 saturated heterocycles. The third-order valence-corrected chi connectivity index (χ3v) is 4.99. The summed E-state index contributed by atoms with van der Waals surface area (Å²) >= 11 is 0. The summed E-state index contributed by atoms with van der Waals surface area (Å²) in [5.41, 5.74) is 1.92. The van der Waals surface area contributed by atoms with Crippen LogP contribution in [0.5, 0.6) is 0 Å². The molecule has 2 atom stereocenters. The van der Waals surface area contributed by atoms with Crippen LogP contribution in [0.3, 0.4) is 0 Å². The van der Waals surface area contributed by atoms with Gasteiger partial charge in [0.05, 0.1) is 18.1 Å². The number of fused-ring (bicyclic) bond motifs is 1. The molecule has 1 aromatic carbocycles. The zero-order chi connectivity index (χ0) is 17.9. The summed E-state index contributed by atoms with van der Waals surface area (Å²) in [6, 6.07) is 5.92. The van der Waals surface area contributed by atoms with Gasteiger partial charge in [0.15, 0.2) is 0 Å². The molecule has 1 aliphatic heterocycles. The Morgan fingerprint density at radius 2 is 2.38 bits per heavy atom. The molecule has 2 N–H and O–H groups in total. The number of aryl methyl sites for hydroxylation is 1. The summed E-state index contributed by atoms with van der Waals surface area (Å²) in [4.78, 5) is 16.8. The SMILES string of the molecule is Cn1ccnc1[C@@H]1OCCC[C@H]1CNC(=O)Cc1ccc2cn[nH]c2c1. The van der Waals surface area contributed by atoms with Crippen LogP contribution in [0.25, 0.3) is 10.9 Å². The molecular weight excluding hydrogens is 330 g/mol. The van der Waals surface area contributed by atoms with Crippen LogP contribution in [0.4, 0.5) is 0 Å². The van der Waals surface area contributed by atoms with Gasteiger partial charge in [-0.3, -0.25) is 9.89 Å². The summed E-state index contributed by atoms with van der Waals surface area (Å²) in [6.07, 6.45) is 7.82. The highest BCUT2D eigenvalue weighted by Crippen LogP contribution is 2.32. The highest BCUT2D eigenvalue weighted by Gasteiger charge is 2.30. The van der Waals surface area contributed by atoms with Gasteiger partial charge in [0.2, 0.25) is 5.91 Å². The fourth-order valence-corrected chi connectivity index (χ4v) is 3.58. The van der Waals surface area contributed by atoms with Gasteiger partial charge in [-0.05, 0) is 24.5 Å². The molecular formula is C19H23N5O2. The van der Waals surface area contributed by atoms with E-state index in [0.717, 1.165) is 41.7 Å². The number of rotatable bonds is 5. The first-order valence-electron chi connectivity index (χ1n) is 8.98. The Morgan fingerprint density at radius 3 is 3.23 bits per heavy atom. The van der Waals surface area contributed by atoms with Crippen molar-refractivity contribution in [3.05, 3.63) is 48.2 Å². The van der Waals surface area contributed by atoms with Gasteiger partial charge in [-0.15, -0.1) is 0 Å². The van der Waals surface area contributed by atoms with E-state index in [9.17, 15) is 4.79 Å². The molecule has 3 heterocycles. The maximum Gasteiger partial charge on any atom is 0.224 e. The number of amides is 1. The zero-order valence-electron chi connectivity index (χ0n) is 14.8. The Kier molecular flexibility index (Phi) is 4.71. The third-order valence-electron chi connectivity index (χ3n) is 4.99. The Labute approximate surface area is 151 Å². The van der Waals surface area contributed by atoms with Gasteiger partial charge in [-0.1, -0.05) is 12.1 Å². The lowest BCUT2D eigenvalue weighted by atomic mass is 9.93. The number of H-pyrrole nitrogens is 1. The number of benzene rings is 1. The van der Waals surface area contributed by atoms with Crippen LogP contribution < -0.4 is 5.32 Å². The average molecular weight is 353 g/mol. The standard InChI is InChI=1S/C19H23N5O2/c1-24-7-6-20-19(24)18-15(3-2-8-26-18)11-21-17(25)10-13-4-5-14-12-22-23-16(14)9-13/h4-7,9,12,15,18H,2-3,8,10-11H2,1H3,(H,21,25)(H,22,23)/t15-,18+/m0/s1. The maximum absolute atomic E-state index is 12.4. The van der Waals surface area contributed by atoms with Crippen molar-refractivity contribution in [2.45, 2.75) is 25.4 Å². The van der Waals surface area contributed by atoms with E-state index in [-0.39, 0.29) is 17.9 Å². The molecule has 7 nitrogen and oxygen atoms in total. The fraction of sp³-hybridized carbons (Fsp3) is 0.421. The second-order valence-corrected chi connectivity index (χ2v) is 6.86. The fourth-order valence-electron chi connectivity index (χ4n) is 3.58. The Bertz CT molecular complexity index is 900. The molecule has 0 saturated carbocycles. The number of carbonyl (C=O) groups excluding carboxylic acids is 1. The number of carbonyl (C=O) groups is 1. The number of aromatic amines is 1. The van der Waals surface area contributed by atoms with Gasteiger partial charge in [0.1, 0.15) is 11.9 Å². The number of nitrogens with one attached hydrogen (secondary N) is 2. The van der Waals surface area contributed by atoms with Crippen molar-refractivity contribution < 1.29 is 9.53 Å². The lowest BCUT2D eigenvalue weighted by molar-refractivity contribution is -0.121. The van der Waals surface area contributed by atoms with Gasteiger partial charge in [0, 0.05) is 43.9 Å². The van der Waals surface area contributed by atoms with Crippen molar-refractivity contribution >= 4 is 16.8 Å². The Balaban J connectivity index is 1.37. The predicted octanol–water partition coefficient (Wildman–Crippen LogP) is 2.12. The van der Waals surface area contributed by atoms with E-state index in [2.05, 4.69) is 20.5 Å². The molecule has 0 aliphatic carbocycles. The molecule has 1 fully saturated rings. The van der Waals surface area contributed by atoms with Crippen LogP contribution in [0.1, 0.15) is 30.3 Å². The number of aromatic nitrogens is 4. The molecule has 0 radical (unpaired) electrons. The van der Waals surface area contributed by atoms with Gasteiger partial charge < -0.3 is 14.6 Å². The van der Waals surface area contributed by atoms with Crippen LogP contribution in [-0.2, 0) is 23.0 Å². The first-order valence-corrected chi connectivity index (χ1v) is 8.98. The lowest BCUT2D eigenvalue weighted by Crippen LogP contribution is -2.36. The second-order valence-electron chi connectivity index (χ2n) is 6.86. The molecule has 3 aromatic rings. The summed E-state index contributed by atoms with van der Waals surface area (Å²) in [7, 11) is 1.97. The highest BCUT2D eigenvalue weighted by atomic mass is 16.5. The number of hydrogen-bond donors (Lipinski definition) is 2. The molecule has 26 heavy (non-hydrogen) atoms. The van der Waals surface area contributed by atoms with Crippen LogP contribution in [0.2, 0.25) is 0 Å². The highest BCUT2D eigenvalue weighted by molar-refractivity contribution is 5.82. The molecule has 7 heteroatoms. The van der Waals surface area contributed by atoms with E-state index in [1.807, 2.05) is 36.0 Å². The summed E-state index contributed by atoms with van der Waals surface area (Å²) in [5.74, 6) is 1.19. The molecule has 4 rings (SSSR count). The van der Waals surface area contributed by atoms with Gasteiger partial charge in [0.25, 0.3) is 0 Å². The van der Waals surface area contributed by atoms with Crippen molar-refractivity contribution in [3.8, 4) is 0 Å². The van der Waals surface area contributed by atoms with Gasteiger partial charge in [-0.2, -0.15) is 5.10 Å². The number of ether oxygens (including phenoxy) is 1. The Morgan fingerprint density at radius 1 is 1.46 bits per heavy atom. The molecule has 0 unspecified atom stereocenters. The molecule has 0 bridgehead atoms. The van der Waals surface area contributed by atoms with E-state index < -0.39 is 0 Å². The van der Waals surface area contributed by atoms with Crippen LogP contribution in [0.15, 0.2) is 36.8 Å². The molecule has 1 amide bonds. The number of nitrogens with zero attached hydrogens (tertiary/aromatic N) is 3. The number of imidazole rings is 1. The van der Waals surface area contributed by atoms with Crippen LogP contribution in [-0.4, -0.2) is 38.8 Å². The smallest absolute Gasteiger partial charge is 0.224 e. The molecule has 1 aliphatic rings. The monoisotopic (exact) mass is 353 g/mol. The van der Waals surface area contributed by atoms with E-state index in [4.69, 9.17) is 4.74 Å². The summed E-state index contributed by atoms with van der Waals surface area (Å²) in [5, 5.41) is 11.1. The molecule has 2 aromatic heterocycles. The van der Waals surface area contributed by atoms with Crippen LogP contribution >= 0.6 is 0 Å². The van der Waals surface area contributed by atoms with Crippen molar-refractivity contribution in [2.24, 2.45) is 13.0 Å². The first kappa shape index (κ1) is 16.8. The Hall–Kier alpha value is -2.67. The van der Waals surface area contributed by atoms with E-state index in [1.54, 1.807) is 12.4 Å². The van der Waals surface area contributed by atoms with Crippen LogP contribution in [0, 0.1) is 5.92 Å². The molecule has 0 spiro atoms. The quantitative estimate of drug-likeness (QED) is 0.736. The van der Waals surface area contributed by atoms with Crippen molar-refractivity contribution in [1.29, 1.82) is 0 Å². The van der Waals surface area contributed by atoms with Crippen molar-refractivity contribution in [2.75, 3.05) is 13.2 Å². The lowest BCUT2D eigenvalue weighted by Gasteiger charge is -2.31. The topological polar surface area (TPSA) is 84.8 Å². The van der Waals surface area contributed by atoms with Gasteiger partial charge >= 0.3 is 0 Å². The summed E-state index contributed by atoms with van der Waals surface area (Å²) in [6.45, 7) is 1.34. The predicted molar refractivity (Wildman–Crippen MR) is 97.4 cm³/mol. The van der Waals surface area contributed by atoms with Gasteiger partial charge in [-0.25, -0.2) is 4.98 Å². The number of hydrogen-bond acceptors (Lipinski definition) is 4. The minimum atomic E-state index is -0.0645. The average Bonchev–Trinajstić information content (AvgIpc) is 3.28. The zero-order valence-corrected chi connectivity index (χ0v) is 14.8. The maximum atomic E-state index is 12.4.